The molecule has 0 saturated carbocycles. The molecule has 0 radical (unpaired) electrons. The molecule has 1 atom stereocenters. The number of rotatable bonds is 12. The molecule has 0 aliphatic rings. The first-order valence-electron chi connectivity index (χ1n) is 8.73. The van der Waals surface area contributed by atoms with E-state index in [4.69, 9.17) is 27.0 Å². The molecule has 0 amide bonds. The molecule has 1 rings (SSSR count). The zero-order chi connectivity index (χ0) is 17.1. The maximum atomic E-state index is 11.5. The molecule has 0 aliphatic carbocycles. The van der Waals surface area contributed by atoms with Crippen LogP contribution in [0.4, 0.5) is 0 Å². The van der Waals surface area contributed by atoms with E-state index in [0.29, 0.717) is 11.7 Å². The van der Waals surface area contributed by atoms with Crippen molar-refractivity contribution in [3.63, 3.8) is 0 Å². The summed E-state index contributed by atoms with van der Waals surface area (Å²) in [7, 11) is 0. The molecule has 0 bridgehead atoms. The number of hydrogen-bond acceptors (Lipinski definition) is 2. The summed E-state index contributed by atoms with van der Waals surface area (Å²) in [4.78, 5) is 0. The molecular formula is C18H29Cl2O2P. The van der Waals surface area contributed by atoms with Crippen molar-refractivity contribution < 1.29 is 9.09 Å². The van der Waals surface area contributed by atoms with Gasteiger partial charge in [0.15, 0.2) is 0 Å². The lowest BCUT2D eigenvalue weighted by Gasteiger charge is -2.19. The first kappa shape index (κ1) is 20.9. The van der Waals surface area contributed by atoms with Crippen LogP contribution < -0.4 is 4.52 Å². The molecule has 23 heavy (non-hydrogen) atoms. The van der Waals surface area contributed by atoms with Crippen molar-refractivity contribution in [2.45, 2.75) is 71.6 Å². The van der Waals surface area contributed by atoms with Crippen LogP contribution in [-0.4, -0.2) is 0 Å². The first-order chi connectivity index (χ1) is 11.0. The van der Waals surface area contributed by atoms with Crippen LogP contribution in [0, 0.1) is 5.92 Å². The van der Waals surface area contributed by atoms with Crippen molar-refractivity contribution in [2.75, 3.05) is 0 Å². The summed E-state index contributed by atoms with van der Waals surface area (Å²) >= 11 is 11.2. The van der Waals surface area contributed by atoms with Crippen LogP contribution in [0.1, 0.15) is 70.8 Å². The molecular weight excluding hydrogens is 350 g/mol. The van der Waals surface area contributed by atoms with Crippen molar-refractivity contribution in [3.8, 4) is 5.75 Å². The zero-order valence-corrected chi connectivity index (χ0v) is 16.7. The van der Waals surface area contributed by atoms with Gasteiger partial charge in [0.05, 0.1) is 0 Å². The SMILES string of the molecule is CCCCCCC(CCCC)Cc1ccccc1OP(=O)(Cl)Cl. The third kappa shape index (κ3) is 9.65. The maximum absolute atomic E-state index is 11.5. The van der Waals surface area contributed by atoms with E-state index in [1.165, 1.54) is 51.4 Å². The molecule has 5 heteroatoms. The van der Waals surface area contributed by atoms with Crippen LogP contribution in [0.25, 0.3) is 0 Å². The second kappa shape index (κ2) is 11.4. The Labute approximate surface area is 150 Å². The van der Waals surface area contributed by atoms with Crippen molar-refractivity contribution in [3.05, 3.63) is 29.8 Å². The Morgan fingerprint density at radius 3 is 2.30 bits per heavy atom. The van der Waals surface area contributed by atoms with Gasteiger partial charge in [-0.2, -0.15) is 0 Å². The summed E-state index contributed by atoms with van der Waals surface area (Å²) in [6.45, 7) is 4.46. The Kier molecular flexibility index (Phi) is 10.3. The van der Waals surface area contributed by atoms with Crippen molar-refractivity contribution in [1.29, 1.82) is 0 Å². The Bertz CT molecular complexity index is 488. The third-order valence-electron chi connectivity index (χ3n) is 4.12. The molecule has 0 N–H and O–H groups in total. The summed E-state index contributed by atoms with van der Waals surface area (Å²) in [5, 5.41) is 0. The predicted octanol–water partition coefficient (Wildman–Crippen LogP) is 7.97. The molecule has 0 aromatic heterocycles. The highest BCUT2D eigenvalue weighted by Gasteiger charge is 2.19. The standard InChI is InChI=1S/C18H29Cl2O2P/c1-3-5-7-8-12-16(11-6-4-2)15-17-13-9-10-14-18(17)22-23(19,20)21/h9-10,13-14,16H,3-8,11-12,15H2,1-2H3. The lowest BCUT2D eigenvalue weighted by atomic mass is 9.89. The van der Waals surface area contributed by atoms with E-state index in [-0.39, 0.29) is 0 Å². The lowest BCUT2D eigenvalue weighted by molar-refractivity contribution is 0.406. The van der Waals surface area contributed by atoms with E-state index in [0.717, 1.165) is 12.0 Å². The van der Waals surface area contributed by atoms with Gasteiger partial charge in [-0.25, -0.2) is 4.57 Å². The molecule has 1 aromatic carbocycles. The summed E-state index contributed by atoms with van der Waals surface area (Å²) in [6, 6.07) is 7.64. The minimum absolute atomic E-state index is 0.552. The largest absolute Gasteiger partial charge is 0.428 e. The minimum atomic E-state index is -3.56. The van der Waals surface area contributed by atoms with Crippen molar-refractivity contribution in [1.82, 2.24) is 0 Å². The number of hydrogen-bond donors (Lipinski definition) is 0. The average Bonchev–Trinajstić information content (AvgIpc) is 2.49. The number of unbranched alkanes of at least 4 members (excludes halogenated alkanes) is 4. The molecule has 1 aromatic rings. The van der Waals surface area contributed by atoms with Gasteiger partial charge >= 0.3 is 6.07 Å². The van der Waals surface area contributed by atoms with Gasteiger partial charge in [0.25, 0.3) is 0 Å². The second-order valence-electron chi connectivity index (χ2n) is 6.18. The summed E-state index contributed by atoms with van der Waals surface area (Å²) in [5.74, 6) is 1.18. The molecule has 0 saturated heterocycles. The van der Waals surface area contributed by atoms with Gasteiger partial charge < -0.3 is 4.52 Å². The fourth-order valence-electron chi connectivity index (χ4n) is 2.89. The van der Waals surface area contributed by atoms with Crippen LogP contribution >= 0.6 is 28.6 Å². The van der Waals surface area contributed by atoms with E-state index in [2.05, 4.69) is 13.8 Å². The Morgan fingerprint density at radius 2 is 1.65 bits per heavy atom. The highest BCUT2D eigenvalue weighted by molar-refractivity contribution is 8.05. The fraction of sp³-hybridized carbons (Fsp3) is 0.667. The molecule has 1 unspecified atom stereocenters. The van der Waals surface area contributed by atoms with Crippen LogP contribution in [0.2, 0.25) is 0 Å². The molecule has 0 aliphatic heterocycles. The third-order valence-corrected chi connectivity index (χ3v) is 4.94. The minimum Gasteiger partial charge on any atom is -0.422 e. The van der Waals surface area contributed by atoms with Gasteiger partial charge in [-0.15, -0.1) is 0 Å². The second-order valence-corrected chi connectivity index (χ2v) is 10.4. The Hall–Kier alpha value is -0.170. The summed E-state index contributed by atoms with van der Waals surface area (Å²) in [5.41, 5.74) is 1.05. The number of halogens is 2. The molecule has 2 nitrogen and oxygen atoms in total. The van der Waals surface area contributed by atoms with Gasteiger partial charge in [-0.05, 0) is 24.0 Å². The van der Waals surface area contributed by atoms with Crippen LogP contribution in [0.5, 0.6) is 5.75 Å². The summed E-state index contributed by atoms with van der Waals surface area (Å²) in [6.07, 6.45) is 7.40. The van der Waals surface area contributed by atoms with E-state index in [1.807, 2.05) is 18.2 Å². The fourth-order valence-corrected chi connectivity index (χ4v) is 3.74. The zero-order valence-electron chi connectivity index (χ0n) is 14.3. The number of para-hydroxylation sites is 1. The molecule has 0 fully saturated rings. The van der Waals surface area contributed by atoms with Gasteiger partial charge in [-0.3, -0.25) is 0 Å². The molecule has 0 spiro atoms. The maximum Gasteiger partial charge on any atom is 0.428 e. The van der Waals surface area contributed by atoms with Crippen molar-refractivity contribution in [2.24, 2.45) is 5.92 Å². The topological polar surface area (TPSA) is 26.3 Å². The van der Waals surface area contributed by atoms with Crippen LogP contribution in [-0.2, 0) is 11.0 Å². The van der Waals surface area contributed by atoms with Gasteiger partial charge in [0.1, 0.15) is 5.75 Å². The van der Waals surface area contributed by atoms with E-state index in [1.54, 1.807) is 6.07 Å². The number of benzene rings is 1. The summed E-state index contributed by atoms with van der Waals surface area (Å²) < 4.78 is 16.8. The van der Waals surface area contributed by atoms with E-state index >= 15 is 0 Å². The highest BCUT2D eigenvalue weighted by Crippen LogP contribution is 2.57. The highest BCUT2D eigenvalue weighted by atomic mass is 35.9. The Morgan fingerprint density at radius 1 is 1.00 bits per heavy atom. The predicted molar refractivity (Wildman–Crippen MR) is 102 cm³/mol. The first-order valence-corrected chi connectivity index (χ1v) is 12.2. The Balaban J connectivity index is 2.71. The van der Waals surface area contributed by atoms with Crippen LogP contribution in [0.15, 0.2) is 24.3 Å². The lowest BCUT2D eigenvalue weighted by Crippen LogP contribution is -2.06. The molecule has 132 valence electrons. The van der Waals surface area contributed by atoms with E-state index < -0.39 is 6.07 Å². The normalized spacial score (nSPS) is 13.0. The monoisotopic (exact) mass is 378 g/mol. The van der Waals surface area contributed by atoms with Crippen molar-refractivity contribution >= 4 is 28.6 Å². The quantitative estimate of drug-likeness (QED) is 0.272. The average molecular weight is 379 g/mol. The van der Waals surface area contributed by atoms with Gasteiger partial charge in [0.2, 0.25) is 0 Å². The van der Waals surface area contributed by atoms with Crippen LogP contribution in [0.3, 0.4) is 0 Å². The smallest absolute Gasteiger partial charge is 0.422 e. The van der Waals surface area contributed by atoms with Gasteiger partial charge in [0, 0.05) is 22.5 Å². The van der Waals surface area contributed by atoms with E-state index in [9.17, 15) is 4.57 Å². The van der Waals surface area contributed by atoms with Gasteiger partial charge in [-0.1, -0.05) is 83.4 Å². The molecule has 0 heterocycles.